The Morgan fingerprint density at radius 2 is 1.84 bits per heavy atom. The Labute approximate surface area is 143 Å². The van der Waals surface area contributed by atoms with Crippen LogP contribution in [-0.2, 0) is 11.2 Å². The van der Waals surface area contributed by atoms with Gasteiger partial charge in [-0.2, -0.15) is 0 Å². The van der Waals surface area contributed by atoms with E-state index in [0.29, 0.717) is 12.1 Å². The fourth-order valence-electron chi connectivity index (χ4n) is 3.08. The van der Waals surface area contributed by atoms with E-state index >= 15 is 0 Å². The van der Waals surface area contributed by atoms with Crippen LogP contribution >= 0.6 is 0 Å². The van der Waals surface area contributed by atoms with Gasteiger partial charge in [-0.05, 0) is 48.2 Å². The molecular formula is C18H17F3N2O2. The van der Waals surface area contributed by atoms with Crippen LogP contribution in [0.2, 0.25) is 0 Å². The quantitative estimate of drug-likeness (QED) is 0.840. The molecule has 0 N–H and O–H groups in total. The molecule has 4 nitrogen and oxygen atoms in total. The molecule has 2 aromatic rings. The topological polar surface area (TPSA) is 42.4 Å². The maximum Gasteiger partial charge on any atom is 0.573 e. The number of carbonyl (C=O) groups excluding carboxylic acids is 1. The van der Waals surface area contributed by atoms with Crippen molar-refractivity contribution < 1.29 is 22.7 Å². The molecule has 3 rings (SSSR count). The minimum absolute atomic E-state index is 0.0309. The molecule has 25 heavy (non-hydrogen) atoms. The molecule has 0 bridgehead atoms. The summed E-state index contributed by atoms with van der Waals surface area (Å²) in [5.41, 5.74) is 1.70. The average Bonchev–Trinajstić information content (AvgIpc) is 3.06. The van der Waals surface area contributed by atoms with E-state index < -0.39 is 6.36 Å². The summed E-state index contributed by atoms with van der Waals surface area (Å²) in [7, 11) is 0. The first-order valence-electron chi connectivity index (χ1n) is 7.96. The molecule has 1 aliphatic heterocycles. The van der Waals surface area contributed by atoms with E-state index in [1.807, 2.05) is 17.0 Å². The minimum atomic E-state index is -4.72. The van der Waals surface area contributed by atoms with Crippen molar-refractivity contribution in [1.82, 2.24) is 9.88 Å². The van der Waals surface area contributed by atoms with Gasteiger partial charge in [0.25, 0.3) is 0 Å². The zero-order chi connectivity index (χ0) is 17.9. The van der Waals surface area contributed by atoms with Crippen LogP contribution in [0.1, 0.15) is 30.0 Å². The maximum atomic E-state index is 12.6. The number of pyridine rings is 1. The van der Waals surface area contributed by atoms with Crippen LogP contribution in [0.25, 0.3) is 0 Å². The third-order valence-corrected chi connectivity index (χ3v) is 4.18. The zero-order valence-corrected chi connectivity index (χ0v) is 13.4. The first-order chi connectivity index (χ1) is 11.9. The van der Waals surface area contributed by atoms with Crippen LogP contribution in [0, 0.1) is 0 Å². The molecule has 0 radical (unpaired) electrons. The predicted octanol–water partition coefficient (Wildman–Crippen LogP) is 3.89. The van der Waals surface area contributed by atoms with Gasteiger partial charge in [0.1, 0.15) is 5.75 Å². The highest BCUT2D eigenvalue weighted by molar-refractivity contribution is 5.79. The van der Waals surface area contributed by atoms with Crippen molar-refractivity contribution in [1.29, 1.82) is 0 Å². The number of likely N-dealkylation sites (tertiary alicyclic amines) is 1. The van der Waals surface area contributed by atoms with Gasteiger partial charge in [-0.1, -0.05) is 12.1 Å². The van der Waals surface area contributed by atoms with Crippen LogP contribution in [0.3, 0.4) is 0 Å². The van der Waals surface area contributed by atoms with Crippen molar-refractivity contribution >= 4 is 5.91 Å². The maximum absolute atomic E-state index is 12.6. The highest BCUT2D eigenvalue weighted by Gasteiger charge is 2.31. The SMILES string of the molecule is O=C(Cc1ccc(OC(F)(F)F)cc1)N1CCCC1c1ccncc1. The highest BCUT2D eigenvalue weighted by Crippen LogP contribution is 2.32. The first kappa shape index (κ1) is 17.3. The number of hydrogen-bond acceptors (Lipinski definition) is 3. The van der Waals surface area contributed by atoms with E-state index in [1.165, 1.54) is 24.3 Å². The molecule has 1 unspecified atom stereocenters. The third-order valence-electron chi connectivity index (χ3n) is 4.18. The number of nitrogens with zero attached hydrogens (tertiary/aromatic N) is 2. The second-order valence-corrected chi connectivity index (χ2v) is 5.89. The smallest absolute Gasteiger partial charge is 0.406 e. The number of amides is 1. The summed E-state index contributed by atoms with van der Waals surface area (Å²) in [5.74, 6) is -0.330. The van der Waals surface area contributed by atoms with Crippen molar-refractivity contribution in [2.75, 3.05) is 6.54 Å². The molecule has 0 spiro atoms. The van der Waals surface area contributed by atoms with E-state index in [1.54, 1.807) is 12.4 Å². The lowest BCUT2D eigenvalue weighted by molar-refractivity contribution is -0.274. The molecule has 0 aliphatic carbocycles. The molecule has 1 amide bonds. The van der Waals surface area contributed by atoms with Crippen LogP contribution in [0.5, 0.6) is 5.75 Å². The Hall–Kier alpha value is -2.57. The molecule has 1 aromatic heterocycles. The standard InChI is InChI=1S/C18H17F3N2O2/c19-18(20,21)25-15-5-3-13(4-6-15)12-17(24)23-11-1-2-16(23)14-7-9-22-10-8-14/h3-10,16H,1-2,11-12H2. The summed E-state index contributed by atoms with van der Waals surface area (Å²) in [4.78, 5) is 18.4. The molecule has 1 aromatic carbocycles. The van der Waals surface area contributed by atoms with Crippen molar-refractivity contribution in [3.8, 4) is 5.75 Å². The lowest BCUT2D eigenvalue weighted by Crippen LogP contribution is -2.31. The van der Waals surface area contributed by atoms with E-state index in [2.05, 4.69) is 9.72 Å². The first-order valence-corrected chi connectivity index (χ1v) is 7.96. The van der Waals surface area contributed by atoms with Crippen LogP contribution in [-0.4, -0.2) is 28.7 Å². The van der Waals surface area contributed by atoms with E-state index in [9.17, 15) is 18.0 Å². The predicted molar refractivity (Wildman–Crippen MR) is 84.8 cm³/mol. The number of hydrogen-bond donors (Lipinski definition) is 0. The van der Waals surface area contributed by atoms with Gasteiger partial charge in [0.2, 0.25) is 5.91 Å². The van der Waals surface area contributed by atoms with E-state index in [-0.39, 0.29) is 24.1 Å². The lowest BCUT2D eigenvalue weighted by Gasteiger charge is -2.25. The summed E-state index contributed by atoms with van der Waals surface area (Å²) in [5, 5.41) is 0. The monoisotopic (exact) mass is 350 g/mol. The second kappa shape index (κ2) is 7.13. The summed E-state index contributed by atoms with van der Waals surface area (Å²) in [6.07, 6.45) is 0.662. The molecule has 1 atom stereocenters. The van der Waals surface area contributed by atoms with Gasteiger partial charge in [0, 0.05) is 18.9 Å². The number of ether oxygens (including phenoxy) is 1. The summed E-state index contributed by atoms with van der Waals surface area (Å²) < 4.78 is 40.4. The van der Waals surface area contributed by atoms with Crippen LogP contribution in [0.4, 0.5) is 13.2 Å². The molecule has 1 saturated heterocycles. The largest absolute Gasteiger partial charge is 0.573 e. The summed E-state index contributed by atoms with van der Waals surface area (Å²) in [6.45, 7) is 0.682. The van der Waals surface area contributed by atoms with Crippen molar-refractivity contribution in [2.24, 2.45) is 0 Å². The molecule has 7 heteroatoms. The molecule has 0 saturated carbocycles. The normalized spacial score (nSPS) is 17.6. The van der Waals surface area contributed by atoms with Gasteiger partial charge in [0.05, 0.1) is 12.5 Å². The Bertz CT molecular complexity index is 717. The number of alkyl halides is 3. The van der Waals surface area contributed by atoms with Gasteiger partial charge in [-0.25, -0.2) is 0 Å². The molecule has 2 heterocycles. The van der Waals surface area contributed by atoms with Crippen molar-refractivity contribution in [3.63, 3.8) is 0 Å². The molecular weight excluding hydrogens is 333 g/mol. The number of aromatic nitrogens is 1. The van der Waals surface area contributed by atoms with Crippen molar-refractivity contribution in [2.45, 2.75) is 31.7 Å². The van der Waals surface area contributed by atoms with Gasteiger partial charge in [0.15, 0.2) is 0 Å². The van der Waals surface area contributed by atoms with Gasteiger partial charge in [-0.3, -0.25) is 9.78 Å². The molecule has 1 aliphatic rings. The zero-order valence-electron chi connectivity index (χ0n) is 13.4. The Morgan fingerprint density at radius 1 is 1.16 bits per heavy atom. The summed E-state index contributed by atoms with van der Waals surface area (Å²) in [6, 6.07) is 9.25. The van der Waals surface area contributed by atoms with E-state index in [0.717, 1.165) is 18.4 Å². The van der Waals surface area contributed by atoms with Crippen molar-refractivity contribution in [3.05, 3.63) is 59.9 Å². The number of halogens is 3. The number of rotatable bonds is 4. The second-order valence-electron chi connectivity index (χ2n) is 5.89. The fourth-order valence-corrected chi connectivity index (χ4v) is 3.08. The minimum Gasteiger partial charge on any atom is -0.406 e. The lowest BCUT2D eigenvalue weighted by atomic mass is 10.1. The van der Waals surface area contributed by atoms with Gasteiger partial charge < -0.3 is 9.64 Å². The number of carbonyl (C=O) groups is 1. The van der Waals surface area contributed by atoms with Gasteiger partial charge >= 0.3 is 6.36 Å². The van der Waals surface area contributed by atoms with Crippen LogP contribution < -0.4 is 4.74 Å². The van der Waals surface area contributed by atoms with Gasteiger partial charge in [-0.15, -0.1) is 13.2 Å². The Morgan fingerprint density at radius 3 is 2.48 bits per heavy atom. The summed E-state index contributed by atoms with van der Waals surface area (Å²) >= 11 is 0. The Balaban J connectivity index is 1.65. The molecule has 1 fully saturated rings. The van der Waals surface area contributed by atoms with Crippen LogP contribution in [0.15, 0.2) is 48.8 Å². The van der Waals surface area contributed by atoms with E-state index in [4.69, 9.17) is 0 Å². The Kier molecular flexibility index (Phi) is 4.92. The highest BCUT2D eigenvalue weighted by atomic mass is 19.4. The molecule has 132 valence electrons. The average molecular weight is 350 g/mol. The fraction of sp³-hybridized carbons (Fsp3) is 0.333. The number of benzene rings is 1. The third kappa shape index (κ3) is 4.49.